The lowest BCUT2D eigenvalue weighted by Crippen LogP contribution is -2.04. The third kappa shape index (κ3) is 6.54. The fourth-order valence-corrected chi connectivity index (χ4v) is 11.3. The van der Waals surface area contributed by atoms with Crippen LogP contribution in [-0.4, -0.2) is 24.4 Å². The minimum Gasteiger partial charge on any atom is -0.507 e. The van der Waals surface area contributed by atoms with E-state index in [9.17, 15) is 10.2 Å². The SMILES string of the molecule is COc1c2cccc1Cc1cc(-c3ccc(-c4cccs4)s3)cc(c1O)Cc1cccc(c1OC)Cc1cc(-c3ccc(-c4cccs4)s3)cc(c1O)C2. The summed E-state index contributed by atoms with van der Waals surface area (Å²) in [5.74, 6) is 2.10. The second kappa shape index (κ2) is 14.6. The number of rotatable bonds is 6. The standard InChI is InChI=1S/C46H36O4S4/c1-49-45-27-7-3-8-28(45)20-34-24-32(38-14-16-42(54-38)40-12-6-18-52-40)26-36(44(34)48)22-30-10-4-9-29(46(30)50-2)21-35-25-31(23-33(19-27)43(35)47)37-13-15-41(53-37)39-11-5-17-51-39/h3-18,23-26,47-48H,19-22H2,1-2H3. The zero-order valence-electron chi connectivity index (χ0n) is 29.7. The van der Waals surface area contributed by atoms with Crippen LogP contribution in [0.5, 0.6) is 23.0 Å². The van der Waals surface area contributed by atoms with Crippen molar-refractivity contribution in [3.05, 3.63) is 164 Å². The van der Waals surface area contributed by atoms with Crippen LogP contribution in [0.15, 0.2) is 120 Å². The van der Waals surface area contributed by atoms with E-state index in [4.69, 9.17) is 9.47 Å². The average molecular weight is 781 g/mol. The molecule has 4 aromatic carbocycles. The second-order valence-electron chi connectivity index (χ2n) is 13.5. The van der Waals surface area contributed by atoms with Gasteiger partial charge in [0.1, 0.15) is 23.0 Å². The van der Waals surface area contributed by atoms with Gasteiger partial charge in [0.25, 0.3) is 0 Å². The van der Waals surface area contributed by atoms with Gasteiger partial charge in [0.2, 0.25) is 0 Å². The number of aromatic hydroxyl groups is 2. The highest BCUT2D eigenvalue weighted by Crippen LogP contribution is 2.44. The van der Waals surface area contributed by atoms with Crippen molar-refractivity contribution in [2.24, 2.45) is 0 Å². The minimum absolute atomic E-state index is 0.283. The Kier molecular flexibility index (Phi) is 9.37. The Labute approximate surface area is 330 Å². The van der Waals surface area contributed by atoms with Crippen molar-refractivity contribution in [2.75, 3.05) is 14.2 Å². The summed E-state index contributed by atoms with van der Waals surface area (Å²) in [6, 6.07) is 38.1. The van der Waals surface area contributed by atoms with Crippen molar-refractivity contribution in [1.29, 1.82) is 0 Å². The molecule has 8 aromatic rings. The Morgan fingerprint density at radius 1 is 0.407 bits per heavy atom. The van der Waals surface area contributed by atoms with Gasteiger partial charge < -0.3 is 19.7 Å². The zero-order chi connectivity index (χ0) is 36.8. The van der Waals surface area contributed by atoms with Crippen LogP contribution >= 0.6 is 45.3 Å². The number of hydrogen-bond donors (Lipinski definition) is 2. The molecule has 268 valence electrons. The molecule has 1 aliphatic carbocycles. The fourth-order valence-electron chi connectivity index (χ4n) is 7.61. The molecule has 0 spiro atoms. The molecule has 1 aliphatic rings. The van der Waals surface area contributed by atoms with Crippen molar-refractivity contribution in [3.63, 3.8) is 0 Å². The van der Waals surface area contributed by atoms with Gasteiger partial charge in [-0.25, -0.2) is 0 Å². The first-order valence-electron chi connectivity index (χ1n) is 17.7. The van der Waals surface area contributed by atoms with E-state index < -0.39 is 0 Å². The number of phenols is 2. The first-order chi connectivity index (χ1) is 26.4. The fraction of sp³-hybridized carbons (Fsp3) is 0.130. The third-order valence-electron chi connectivity index (χ3n) is 10.1. The summed E-state index contributed by atoms with van der Waals surface area (Å²) in [4.78, 5) is 7.25. The molecule has 0 unspecified atom stereocenters. The highest BCUT2D eigenvalue weighted by Gasteiger charge is 2.22. The highest BCUT2D eigenvalue weighted by atomic mass is 32.1. The lowest BCUT2D eigenvalue weighted by Gasteiger charge is -2.20. The van der Waals surface area contributed by atoms with Gasteiger partial charge in [-0.1, -0.05) is 48.5 Å². The van der Waals surface area contributed by atoms with Crippen LogP contribution in [0, 0.1) is 0 Å². The number of phenolic OH excluding ortho intramolecular Hbond substituents is 2. The first kappa shape index (κ1) is 34.6. The predicted octanol–water partition coefficient (Wildman–Crippen LogP) is 12.7. The molecule has 0 fully saturated rings. The van der Waals surface area contributed by atoms with Gasteiger partial charge in [0.15, 0.2) is 0 Å². The van der Waals surface area contributed by atoms with Gasteiger partial charge in [-0.05, 0) is 127 Å². The normalized spacial score (nSPS) is 12.5. The van der Waals surface area contributed by atoms with Crippen molar-refractivity contribution in [2.45, 2.75) is 25.7 Å². The van der Waals surface area contributed by atoms with Gasteiger partial charge in [0.05, 0.1) is 14.2 Å². The van der Waals surface area contributed by atoms with Crippen LogP contribution in [-0.2, 0) is 25.7 Å². The van der Waals surface area contributed by atoms with E-state index in [-0.39, 0.29) is 11.5 Å². The molecule has 0 atom stereocenters. The maximum absolute atomic E-state index is 12.0. The molecule has 0 saturated carbocycles. The summed E-state index contributed by atoms with van der Waals surface area (Å²) in [6.07, 6.45) is 1.90. The molecule has 9 rings (SSSR count). The molecule has 0 saturated heterocycles. The summed E-state index contributed by atoms with van der Waals surface area (Å²) >= 11 is 7.01. The summed E-state index contributed by atoms with van der Waals surface area (Å²) < 4.78 is 12.3. The van der Waals surface area contributed by atoms with E-state index in [0.717, 1.165) is 76.9 Å². The van der Waals surface area contributed by atoms with Gasteiger partial charge >= 0.3 is 0 Å². The van der Waals surface area contributed by atoms with Crippen LogP contribution in [0.1, 0.15) is 44.5 Å². The summed E-state index contributed by atoms with van der Waals surface area (Å²) in [6.45, 7) is 0. The highest BCUT2D eigenvalue weighted by molar-refractivity contribution is 7.23. The Hall–Kier alpha value is -5.12. The molecule has 0 aliphatic heterocycles. The molecular weight excluding hydrogens is 745 g/mol. The Balaban J connectivity index is 1.21. The Morgan fingerprint density at radius 3 is 1.07 bits per heavy atom. The number of methoxy groups -OCH3 is 2. The quantitative estimate of drug-likeness (QED) is 0.176. The molecule has 4 heterocycles. The molecule has 4 nitrogen and oxygen atoms in total. The van der Waals surface area contributed by atoms with Crippen LogP contribution in [0.3, 0.4) is 0 Å². The summed E-state index contributed by atoms with van der Waals surface area (Å²) in [7, 11) is 3.41. The van der Waals surface area contributed by atoms with Crippen molar-refractivity contribution >= 4 is 45.3 Å². The lowest BCUT2D eigenvalue weighted by atomic mass is 9.89. The largest absolute Gasteiger partial charge is 0.507 e. The van der Waals surface area contributed by atoms with Crippen molar-refractivity contribution < 1.29 is 19.7 Å². The Morgan fingerprint density at radius 2 is 0.759 bits per heavy atom. The molecule has 2 N–H and O–H groups in total. The van der Waals surface area contributed by atoms with E-state index in [1.165, 1.54) is 19.5 Å². The van der Waals surface area contributed by atoms with Crippen LogP contribution in [0.2, 0.25) is 0 Å². The molecule has 54 heavy (non-hydrogen) atoms. The number of para-hydroxylation sites is 2. The zero-order valence-corrected chi connectivity index (χ0v) is 33.0. The first-order valence-corrected chi connectivity index (χ1v) is 21.1. The predicted molar refractivity (Wildman–Crippen MR) is 227 cm³/mol. The van der Waals surface area contributed by atoms with Gasteiger partial charge in [-0.15, -0.1) is 45.3 Å². The van der Waals surface area contributed by atoms with E-state index in [0.29, 0.717) is 25.7 Å². The average Bonchev–Trinajstić information content (AvgIpc) is 4.02. The van der Waals surface area contributed by atoms with Gasteiger partial charge in [0, 0.05) is 54.9 Å². The van der Waals surface area contributed by atoms with Gasteiger partial charge in [-0.2, -0.15) is 0 Å². The summed E-state index contributed by atoms with van der Waals surface area (Å²) in [5, 5.41) is 28.2. The number of fused-ring (bicyclic) bond motifs is 8. The van der Waals surface area contributed by atoms with E-state index >= 15 is 0 Å². The molecular formula is C46H36O4S4. The second-order valence-corrected chi connectivity index (χ2v) is 17.6. The monoisotopic (exact) mass is 780 g/mol. The van der Waals surface area contributed by atoms with Crippen molar-refractivity contribution in [1.82, 2.24) is 0 Å². The van der Waals surface area contributed by atoms with Crippen LogP contribution < -0.4 is 9.47 Å². The molecule has 8 heteroatoms. The maximum atomic E-state index is 12.0. The van der Waals surface area contributed by atoms with Crippen LogP contribution in [0.25, 0.3) is 40.4 Å². The number of ether oxygens (including phenoxy) is 2. The molecule has 0 amide bonds. The minimum atomic E-state index is 0.283. The molecule has 8 bridgehead atoms. The topological polar surface area (TPSA) is 58.9 Å². The molecule has 0 radical (unpaired) electrons. The number of benzene rings is 4. The Bertz CT molecular complexity index is 2340. The third-order valence-corrected chi connectivity index (χ3v) is 14.5. The van der Waals surface area contributed by atoms with E-state index in [1.54, 1.807) is 59.6 Å². The molecule has 4 aromatic heterocycles. The van der Waals surface area contributed by atoms with E-state index in [1.807, 2.05) is 0 Å². The van der Waals surface area contributed by atoms with Gasteiger partial charge in [-0.3, -0.25) is 0 Å². The summed E-state index contributed by atoms with van der Waals surface area (Å²) in [5.41, 5.74) is 9.35. The van der Waals surface area contributed by atoms with Crippen molar-refractivity contribution in [3.8, 4) is 63.4 Å². The van der Waals surface area contributed by atoms with Crippen LogP contribution in [0.4, 0.5) is 0 Å². The lowest BCUT2D eigenvalue weighted by molar-refractivity contribution is 0.404. The van der Waals surface area contributed by atoms with E-state index in [2.05, 4.69) is 120 Å². The number of hydrogen-bond acceptors (Lipinski definition) is 8. The smallest absolute Gasteiger partial charge is 0.125 e. The number of thiophene rings is 4. The maximum Gasteiger partial charge on any atom is 0.125 e.